The largest absolute Gasteiger partial charge is 0.343 e. The van der Waals surface area contributed by atoms with Crippen molar-refractivity contribution in [2.75, 3.05) is 13.1 Å². The first-order valence-corrected chi connectivity index (χ1v) is 8.62. The van der Waals surface area contributed by atoms with Gasteiger partial charge < -0.3 is 10.6 Å². The number of amides is 1. The van der Waals surface area contributed by atoms with Crippen molar-refractivity contribution >= 4 is 5.91 Å². The zero-order chi connectivity index (χ0) is 17.2. The highest BCUT2D eigenvalue weighted by molar-refractivity contribution is 5.76. The maximum atomic E-state index is 11.7. The van der Waals surface area contributed by atoms with Crippen LogP contribution in [0.5, 0.6) is 0 Å². The summed E-state index contributed by atoms with van der Waals surface area (Å²) in [5.74, 6) is 0.296. The molecular weight excluding hydrogens is 298 g/mol. The molecule has 1 aliphatic rings. The van der Waals surface area contributed by atoms with E-state index in [1.54, 1.807) is 12.4 Å². The van der Waals surface area contributed by atoms with E-state index in [2.05, 4.69) is 24.0 Å². The van der Waals surface area contributed by atoms with Crippen molar-refractivity contribution in [3.63, 3.8) is 0 Å². The van der Waals surface area contributed by atoms with E-state index in [0.29, 0.717) is 18.9 Å². The molecule has 0 atom stereocenters. The van der Waals surface area contributed by atoms with Gasteiger partial charge in [-0.1, -0.05) is 24.3 Å². The van der Waals surface area contributed by atoms with Crippen LogP contribution in [-0.4, -0.2) is 28.9 Å². The van der Waals surface area contributed by atoms with Gasteiger partial charge in [0.05, 0.1) is 0 Å². The van der Waals surface area contributed by atoms with Gasteiger partial charge in [0, 0.05) is 38.4 Å². The number of carbonyl (C=O) groups is 1. The molecule has 1 aliphatic heterocycles. The maximum absolute atomic E-state index is 11.7. The van der Waals surface area contributed by atoms with Crippen LogP contribution in [0, 0.1) is 6.92 Å². The number of aromatic nitrogens is 1. The first-order valence-electron chi connectivity index (χ1n) is 8.62. The van der Waals surface area contributed by atoms with Gasteiger partial charge in [-0.05, 0) is 55.0 Å². The van der Waals surface area contributed by atoms with E-state index in [4.69, 9.17) is 5.73 Å². The summed E-state index contributed by atoms with van der Waals surface area (Å²) in [4.78, 5) is 17.7. The molecule has 3 rings (SSSR count). The number of nitrogens with two attached hydrogens (primary N) is 1. The molecule has 24 heavy (non-hydrogen) atoms. The van der Waals surface area contributed by atoms with Crippen LogP contribution in [0.15, 0.2) is 48.8 Å². The molecule has 0 bridgehead atoms. The summed E-state index contributed by atoms with van der Waals surface area (Å²) in [6.45, 7) is 4.62. The maximum Gasteiger partial charge on any atom is 0.222 e. The monoisotopic (exact) mass is 325 g/mol. The first-order chi connectivity index (χ1) is 11.7. The van der Waals surface area contributed by atoms with E-state index < -0.39 is 0 Å². The van der Waals surface area contributed by atoms with Gasteiger partial charge in [0.15, 0.2) is 0 Å². The third-order valence-electron chi connectivity index (χ3n) is 4.32. The number of likely N-dealkylation sites (tertiary alicyclic amines) is 1. The summed E-state index contributed by atoms with van der Waals surface area (Å²) in [6, 6.07) is 12.1. The fourth-order valence-corrected chi connectivity index (χ4v) is 2.76. The minimum atomic E-state index is 0.296. The van der Waals surface area contributed by atoms with Gasteiger partial charge >= 0.3 is 0 Å². The molecule has 1 fully saturated rings. The van der Waals surface area contributed by atoms with Crippen LogP contribution in [0.1, 0.15) is 36.0 Å². The van der Waals surface area contributed by atoms with E-state index in [1.165, 1.54) is 29.5 Å². The van der Waals surface area contributed by atoms with Crippen molar-refractivity contribution in [2.24, 2.45) is 5.73 Å². The molecule has 1 amide bonds. The van der Waals surface area contributed by atoms with Gasteiger partial charge in [-0.2, -0.15) is 0 Å². The SMILES string of the molecule is Cc1ccccc1CN.O=C(CCc1ccncc1)N1CCCC1. The normalized spacial score (nSPS) is 13.3. The van der Waals surface area contributed by atoms with E-state index >= 15 is 0 Å². The van der Waals surface area contributed by atoms with Crippen LogP contribution in [0.4, 0.5) is 0 Å². The second-order valence-electron chi connectivity index (χ2n) is 6.07. The Bertz CT molecular complexity index is 622. The molecule has 0 spiro atoms. The average molecular weight is 325 g/mol. The summed E-state index contributed by atoms with van der Waals surface area (Å²) in [7, 11) is 0. The molecule has 4 heteroatoms. The first kappa shape index (κ1) is 18.1. The zero-order valence-corrected chi connectivity index (χ0v) is 14.4. The van der Waals surface area contributed by atoms with E-state index in [9.17, 15) is 4.79 Å². The Morgan fingerprint density at radius 1 is 1.12 bits per heavy atom. The molecule has 4 nitrogen and oxygen atoms in total. The summed E-state index contributed by atoms with van der Waals surface area (Å²) in [5, 5.41) is 0. The fraction of sp³-hybridized carbons (Fsp3) is 0.400. The van der Waals surface area contributed by atoms with E-state index in [1.807, 2.05) is 29.2 Å². The topological polar surface area (TPSA) is 59.2 Å². The van der Waals surface area contributed by atoms with Gasteiger partial charge in [-0.15, -0.1) is 0 Å². The number of carbonyl (C=O) groups excluding carboxylic acids is 1. The number of hydrogen-bond acceptors (Lipinski definition) is 3. The second kappa shape index (κ2) is 9.83. The van der Waals surface area contributed by atoms with Crippen LogP contribution in [0.2, 0.25) is 0 Å². The Hall–Kier alpha value is -2.20. The van der Waals surface area contributed by atoms with Crippen LogP contribution < -0.4 is 5.73 Å². The Kier molecular flexibility index (Phi) is 7.43. The predicted octanol–water partition coefficient (Wildman–Crippen LogP) is 3.09. The lowest BCUT2D eigenvalue weighted by Gasteiger charge is -2.14. The molecule has 128 valence electrons. The smallest absolute Gasteiger partial charge is 0.222 e. The summed E-state index contributed by atoms with van der Waals surface area (Å²) in [5.41, 5.74) is 9.15. The number of hydrogen-bond donors (Lipinski definition) is 1. The van der Waals surface area contributed by atoms with Crippen LogP contribution in [-0.2, 0) is 17.8 Å². The molecule has 0 aliphatic carbocycles. The Morgan fingerprint density at radius 3 is 2.38 bits per heavy atom. The summed E-state index contributed by atoms with van der Waals surface area (Å²) in [6.07, 6.45) is 7.34. The highest BCUT2D eigenvalue weighted by Gasteiger charge is 2.16. The standard InChI is InChI=1S/C12H16N2O.C8H11N/c15-12(14-9-1-2-10-14)4-3-11-5-7-13-8-6-11;1-7-4-2-3-5-8(7)6-9/h5-8H,1-4,9-10H2;2-5H,6,9H2,1H3. The van der Waals surface area contributed by atoms with Crippen LogP contribution in [0.25, 0.3) is 0 Å². The van der Waals surface area contributed by atoms with Crippen molar-refractivity contribution in [3.05, 3.63) is 65.5 Å². The van der Waals surface area contributed by atoms with Crippen molar-refractivity contribution in [3.8, 4) is 0 Å². The molecule has 0 unspecified atom stereocenters. The van der Waals surface area contributed by atoms with Crippen molar-refractivity contribution in [1.82, 2.24) is 9.88 Å². The van der Waals surface area contributed by atoms with Gasteiger partial charge in [0.25, 0.3) is 0 Å². The summed E-state index contributed by atoms with van der Waals surface area (Å²) < 4.78 is 0. The highest BCUT2D eigenvalue weighted by Crippen LogP contribution is 2.10. The molecule has 2 N–H and O–H groups in total. The number of rotatable bonds is 4. The number of benzene rings is 1. The van der Waals surface area contributed by atoms with E-state index in [-0.39, 0.29) is 0 Å². The Labute approximate surface area is 144 Å². The minimum Gasteiger partial charge on any atom is -0.343 e. The van der Waals surface area contributed by atoms with Crippen molar-refractivity contribution in [2.45, 2.75) is 39.2 Å². The lowest BCUT2D eigenvalue weighted by molar-refractivity contribution is -0.130. The third kappa shape index (κ3) is 5.78. The molecule has 0 radical (unpaired) electrons. The average Bonchev–Trinajstić information content (AvgIpc) is 3.16. The molecule has 2 aromatic rings. The van der Waals surface area contributed by atoms with E-state index in [0.717, 1.165) is 19.5 Å². The third-order valence-corrected chi connectivity index (χ3v) is 4.32. The quantitative estimate of drug-likeness (QED) is 0.940. The molecular formula is C20H27N3O. The van der Waals surface area contributed by atoms with Crippen LogP contribution in [0.3, 0.4) is 0 Å². The molecule has 1 aromatic carbocycles. The van der Waals surface area contributed by atoms with Gasteiger partial charge in [-0.25, -0.2) is 0 Å². The van der Waals surface area contributed by atoms with Gasteiger partial charge in [0.1, 0.15) is 0 Å². The molecule has 2 heterocycles. The lowest BCUT2D eigenvalue weighted by atomic mass is 10.1. The number of pyridine rings is 1. The Morgan fingerprint density at radius 2 is 1.79 bits per heavy atom. The highest BCUT2D eigenvalue weighted by atomic mass is 16.2. The van der Waals surface area contributed by atoms with Crippen molar-refractivity contribution < 1.29 is 4.79 Å². The second-order valence-corrected chi connectivity index (χ2v) is 6.07. The minimum absolute atomic E-state index is 0.296. The Balaban J connectivity index is 0.000000198. The molecule has 1 saturated heterocycles. The molecule has 1 aromatic heterocycles. The van der Waals surface area contributed by atoms with Gasteiger partial charge in [0.2, 0.25) is 5.91 Å². The van der Waals surface area contributed by atoms with Gasteiger partial charge in [-0.3, -0.25) is 9.78 Å². The van der Waals surface area contributed by atoms with Crippen LogP contribution >= 0.6 is 0 Å². The number of aryl methyl sites for hydroxylation is 2. The summed E-state index contributed by atoms with van der Waals surface area (Å²) >= 11 is 0. The predicted molar refractivity (Wildman–Crippen MR) is 97.4 cm³/mol. The lowest BCUT2D eigenvalue weighted by Crippen LogP contribution is -2.27. The van der Waals surface area contributed by atoms with Crippen molar-refractivity contribution in [1.29, 1.82) is 0 Å². The number of nitrogens with zero attached hydrogens (tertiary/aromatic N) is 2. The fourth-order valence-electron chi connectivity index (χ4n) is 2.76. The zero-order valence-electron chi connectivity index (χ0n) is 14.4. The molecule has 0 saturated carbocycles.